The molecule has 2 atom stereocenters. The van der Waals surface area contributed by atoms with Crippen molar-refractivity contribution in [2.24, 2.45) is 0 Å². The minimum absolute atomic E-state index is 0.0216. The molecule has 1 N–H and O–H groups in total. The van der Waals surface area contributed by atoms with Gasteiger partial charge in [-0.2, -0.15) is 0 Å². The van der Waals surface area contributed by atoms with Gasteiger partial charge in [0, 0.05) is 28.8 Å². The fourth-order valence-corrected chi connectivity index (χ4v) is 3.74. The largest absolute Gasteiger partial charge is 0.382 e. The lowest BCUT2D eigenvalue weighted by molar-refractivity contribution is -0.0708. The number of thiophene rings is 1. The molecule has 3 heteroatoms. The first-order chi connectivity index (χ1) is 10.2. The minimum Gasteiger partial charge on any atom is -0.382 e. The fraction of sp³-hybridized carbons (Fsp3) is 0.444. The normalized spacial score (nSPS) is 25.7. The summed E-state index contributed by atoms with van der Waals surface area (Å²) in [5.41, 5.74) is 2.57. The van der Waals surface area contributed by atoms with Crippen LogP contribution in [0.2, 0.25) is 0 Å². The molecule has 1 aromatic heterocycles. The van der Waals surface area contributed by atoms with Gasteiger partial charge in [-0.3, -0.25) is 0 Å². The van der Waals surface area contributed by atoms with E-state index in [-0.39, 0.29) is 5.60 Å². The maximum Gasteiger partial charge on any atom is 0.0671 e. The second-order valence-electron chi connectivity index (χ2n) is 6.01. The number of hydrogen-bond donors (Lipinski definition) is 1. The third-order valence-corrected chi connectivity index (χ3v) is 5.32. The molecule has 0 saturated carbocycles. The monoisotopic (exact) mass is 301 g/mol. The second-order valence-corrected chi connectivity index (χ2v) is 6.96. The van der Waals surface area contributed by atoms with Gasteiger partial charge >= 0.3 is 0 Å². The number of benzene rings is 1. The molecule has 2 aromatic rings. The first kappa shape index (κ1) is 14.6. The highest BCUT2D eigenvalue weighted by Crippen LogP contribution is 2.34. The van der Waals surface area contributed by atoms with Gasteiger partial charge in [-0.15, -0.1) is 11.3 Å². The van der Waals surface area contributed by atoms with E-state index in [0.29, 0.717) is 6.04 Å². The van der Waals surface area contributed by atoms with Gasteiger partial charge < -0.3 is 10.1 Å². The zero-order valence-electron chi connectivity index (χ0n) is 12.8. The Morgan fingerprint density at radius 1 is 1.29 bits per heavy atom. The first-order valence-electron chi connectivity index (χ1n) is 7.73. The summed E-state index contributed by atoms with van der Waals surface area (Å²) in [5, 5.41) is 5.89. The predicted octanol–water partition coefficient (Wildman–Crippen LogP) is 5.17. The standard InChI is InChI=1S/C18H23NOS/c1-3-18(2)13-14(10-11-20-18)19-16-8-5-4-7-15(16)17-9-6-12-21-17/h4-9,12,14,19H,3,10-11,13H2,1-2H3. The van der Waals surface area contributed by atoms with Crippen LogP contribution in [-0.4, -0.2) is 18.2 Å². The predicted molar refractivity (Wildman–Crippen MR) is 91.0 cm³/mol. The van der Waals surface area contributed by atoms with Gasteiger partial charge in [0.15, 0.2) is 0 Å². The summed E-state index contributed by atoms with van der Waals surface area (Å²) in [5.74, 6) is 0. The summed E-state index contributed by atoms with van der Waals surface area (Å²) in [6, 6.07) is 13.4. The van der Waals surface area contributed by atoms with E-state index in [1.807, 2.05) is 0 Å². The maximum atomic E-state index is 5.95. The van der Waals surface area contributed by atoms with E-state index < -0.39 is 0 Å². The van der Waals surface area contributed by atoms with Crippen LogP contribution in [0.3, 0.4) is 0 Å². The number of ether oxygens (including phenoxy) is 1. The third kappa shape index (κ3) is 3.30. The molecule has 2 unspecified atom stereocenters. The van der Waals surface area contributed by atoms with Gasteiger partial charge in [0.1, 0.15) is 0 Å². The molecule has 1 saturated heterocycles. The van der Waals surface area contributed by atoms with E-state index in [1.54, 1.807) is 11.3 Å². The van der Waals surface area contributed by atoms with Crippen LogP contribution in [0.15, 0.2) is 41.8 Å². The van der Waals surface area contributed by atoms with Gasteiger partial charge in [-0.05, 0) is 43.7 Å². The zero-order chi connectivity index (χ0) is 14.7. The third-order valence-electron chi connectivity index (χ3n) is 4.42. The van der Waals surface area contributed by atoms with Crippen LogP contribution in [-0.2, 0) is 4.74 Å². The average Bonchev–Trinajstić information content (AvgIpc) is 3.02. The van der Waals surface area contributed by atoms with Crippen molar-refractivity contribution in [2.45, 2.75) is 44.8 Å². The van der Waals surface area contributed by atoms with Crippen molar-refractivity contribution in [3.05, 3.63) is 41.8 Å². The number of para-hydroxylation sites is 1. The highest BCUT2D eigenvalue weighted by Gasteiger charge is 2.31. The average molecular weight is 301 g/mol. The van der Waals surface area contributed by atoms with Gasteiger partial charge in [0.05, 0.1) is 5.60 Å². The Labute approximate surface area is 131 Å². The van der Waals surface area contributed by atoms with E-state index in [1.165, 1.54) is 16.1 Å². The summed E-state index contributed by atoms with van der Waals surface area (Å²) in [7, 11) is 0. The highest BCUT2D eigenvalue weighted by atomic mass is 32.1. The molecule has 0 amide bonds. The van der Waals surface area contributed by atoms with Crippen molar-refractivity contribution in [3.63, 3.8) is 0 Å². The fourth-order valence-electron chi connectivity index (χ4n) is 2.97. The van der Waals surface area contributed by atoms with E-state index in [9.17, 15) is 0 Å². The Hall–Kier alpha value is -1.32. The zero-order valence-corrected chi connectivity index (χ0v) is 13.6. The van der Waals surface area contributed by atoms with Crippen LogP contribution < -0.4 is 5.32 Å². The molecule has 2 heterocycles. The van der Waals surface area contributed by atoms with E-state index >= 15 is 0 Å². The van der Waals surface area contributed by atoms with Crippen LogP contribution in [0.5, 0.6) is 0 Å². The topological polar surface area (TPSA) is 21.3 Å². The molecule has 112 valence electrons. The summed E-state index contributed by atoms with van der Waals surface area (Å²) >= 11 is 1.79. The van der Waals surface area contributed by atoms with E-state index in [4.69, 9.17) is 4.74 Å². The molecule has 1 aliphatic rings. The van der Waals surface area contributed by atoms with Crippen LogP contribution in [0, 0.1) is 0 Å². The molecule has 1 aromatic carbocycles. The molecule has 0 aliphatic carbocycles. The maximum absolute atomic E-state index is 5.95. The molecule has 1 fully saturated rings. The molecular formula is C18H23NOS. The summed E-state index contributed by atoms with van der Waals surface area (Å²) in [6.07, 6.45) is 3.22. The number of rotatable bonds is 4. The van der Waals surface area contributed by atoms with Crippen molar-refractivity contribution in [2.75, 3.05) is 11.9 Å². The molecular weight excluding hydrogens is 278 g/mol. The molecule has 0 radical (unpaired) electrons. The Bertz CT molecular complexity index is 581. The van der Waals surface area contributed by atoms with Crippen molar-refractivity contribution < 1.29 is 4.74 Å². The lowest BCUT2D eigenvalue weighted by atomic mass is 9.89. The van der Waals surface area contributed by atoms with Gasteiger partial charge in [0.2, 0.25) is 0 Å². The van der Waals surface area contributed by atoms with Gasteiger partial charge in [-0.1, -0.05) is 31.2 Å². The lowest BCUT2D eigenvalue weighted by Crippen LogP contribution is -2.41. The van der Waals surface area contributed by atoms with Crippen molar-refractivity contribution in [1.82, 2.24) is 0 Å². The summed E-state index contributed by atoms with van der Waals surface area (Å²) in [4.78, 5) is 1.32. The Balaban J connectivity index is 1.79. The molecule has 3 rings (SSSR count). The molecule has 1 aliphatic heterocycles. The number of anilines is 1. The second kappa shape index (κ2) is 6.20. The van der Waals surface area contributed by atoms with E-state index in [2.05, 4.69) is 60.9 Å². The van der Waals surface area contributed by atoms with Crippen LogP contribution in [0.25, 0.3) is 10.4 Å². The van der Waals surface area contributed by atoms with Crippen LogP contribution in [0.4, 0.5) is 5.69 Å². The highest BCUT2D eigenvalue weighted by molar-refractivity contribution is 7.13. The Morgan fingerprint density at radius 2 is 2.14 bits per heavy atom. The lowest BCUT2D eigenvalue weighted by Gasteiger charge is -2.38. The van der Waals surface area contributed by atoms with Crippen LogP contribution in [0.1, 0.15) is 33.1 Å². The molecule has 2 nitrogen and oxygen atoms in total. The van der Waals surface area contributed by atoms with Gasteiger partial charge in [0.25, 0.3) is 0 Å². The minimum atomic E-state index is 0.0216. The molecule has 0 bridgehead atoms. The molecule has 21 heavy (non-hydrogen) atoms. The van der Waals surface area contributed by atoms with Gasteiger partial charge in [-0.25, -0.2) is 0 Å². The summed E-state index contributed by atoms with van der Waals surface area (Å²) < 4.78 is 5.95. The number of nitrogens with one attached hydrogen (secondary N) is 1. The summed E-state index contributed by atoms with van der Waals surface area (Å²) in [6.45, 7) is 5.29. The quantitative estimate of drug-likeness (QED) is 0.840. The smallest absolute Gasteiger partial charge is 0.0671 e. The van der Waals surface area contributed by atoms with E-state index in [0.717, 1.165) is 25.9 Å². The Kier molecular flexibility index (Phi) is 4.32. The number of hydrogen-bond acceptors (Lipinski definition) is 3. The van der Waals surface area contributed by atoms with Crippen LogP contribution >= 0.6 is 11.3 Å². The SMILES string of the molecule is CCC1(C)CC(Nc2ccccc2-c2cccs2)CCO1. The molecule has 0 spiro atoms. The Morgan fingerprint density at radius 3 is 2.90 bits per heavy atom. The first-order valence-corrected chi connectivity index (χ1v) is 8.61. The van der Waals surface area contributed by atoms with Crippen molar-refractivity contribution >= 4 is 17.0 Å². The van der Waals surface area contributed by atoms with Crippen molar-refractivity contribution in [3.8, 4) is 10.4 Å². The van der Waals surface area contributed by atoms with Crippen molar-refractivity contribution in [1.29, 1.82) is 0 Å².